The molecule has 9 heteroatoms. The van der Waals surface area contributed by atoms with Gasteiger partial charge in [0.2, 0.25) is 5.91 Å². The Bertz CT molecular complexity index is 1250. The second-order valence-corrected chi connectivity index (χ2v) is 7.35. The molecule has 2 aromatic heterocycles. The summed E-state index contributed by atoms with van der Waals surface area (Å²) >= 11 is 1.34. The number of nitrogens with one attached hydrogen (secondary N) is 2. The molecule has 4 aromatic rings. The minimum atomic E-state index is -0.187. The Labute approximate surface area is 169 Å². The van der Waals surface area contributed by atoms with Gasteiger partial charge in [-0.25, -0.2) is 9.97 Å². The number of ether oxygens (including phenoxy) is 1. The monoisotopic (exact) mass is 405 g/mol. The quantitative estimate of drug-likeness (QED) is 0.544. The average Bonchev–Trinajstić information content (AvgIpc) is 3.35. The number of nitrogens with zero attached hydrogens (tertiary/aromatic N) is 3. The highest BCUT2D eigenvalue weighted by Gasteiger charge is 2.17. The molecule has 0 bridgehead atoms. The smallest absolute Gasteiger partial charge is 0.262 e. The first-order chi connectivity index (χ1) is 14.2. The molecule has 2 N–H and O–H groups in total. The fourth-order valence-electron chi connectivity index (χ4n) is 3.16. The fraction of sp³-hybridized carbons (Fsp3) is 0.100. The van der Waals surface area contributed by atoms with Crippen molar-refractivity contribution in [2.45, 2.75) is 6.54 Å². The van der Waals surface area contributed by atoms with Crippen LogP contribution in [0.25, 0.3) is 22.3 Å². The zero-order valence-corrected chi connectivity index (χ0v) is 15.9. The van der Waals surface area contributed by atoms with Gasteiger partial charge in [0.1, 0.15) is 12.3 Å². The minimum Gasteiger partial charge on any atom is -0.482 e. The molecule has 2 aromatic carbocycles. The van der Waals surface area contributed by atoms with E-state index < -0.39 is 0 Å². The van der Waals surface area contributed by atoms with Crippen LogP contribution in [-0.2, 0) is 16.1 Å². The zero-order valence-electron chi connectivity index (χ0n) is 15.1. The van der Waals surface area contributed by atoms with E-state index in [1.54, 1.807) is 17.0 Å². The Kier molecular flexibility index (Phi) is 4.21. The highest BCUT2D eigenvalue weighted by Crippen LogP contribution is 2.33. The molecular formula is C20H15N5O3S. The summed E-state index contributed by atoms with van der Waals surface area (Å²) in [6.45, 7) is 0.170. The van der Waals surface area contributed by atoms with Gasteiger partial charge < -0.3 is 19.9 Å². The molecule has 0 radical (unpaired) electrons. The van der Waals surface area contributed by atoms with Gasteiger partial charge in [0.15, 0.2) is 11.7 Å². The molecule has 0 aliphatic carbocycles. The van der Waals surface area contributed by atoms with Crippen molar-refractivity contribution < 1.29 is 14.3 Å². The molecule has 8 nitrogen and oxygen atoms in total. The third kappa shape index (κ3) is 3.43. The first-order valence-electron chi connectivity index (χ1n) is 8.88. The van der Waals surface area contributed by atoms with Gasteiger partial charge in [0.25, 0.3) is 5.91 Å². The number of aromatic nitrogens is 3. The second-order valence-electron chi connectivity index (χ2n) is 6.50. The molecule has 5 rings (SSSR count). The van der Waals surface area contributed by atoms with Gasteiger partial charge >= 0.3 is 0 Å². The first-order valence-corrected chi connectivity index (χ1v) is 9.76. The minimum absolute atomic E-state index is 0.0193. The standard InChI is InChI=1S/C20H15N5O3S/c26-18(8-25-11-21-13-3-1-2-4-16(13)25)24-20-23-15(10-29-20)12-5-6-17-14(7-12)22-19(27)9-28-17/h1-7,10-11H,8-9H2,(H,22,27)(H,23,24,26). The topological polar surface area (TPSA) is 98.1 Å². The Balaban J connectivity index is 1.31. The predicted octanol–water partition coefficient (Wildman–Crippen LogP) is 3.13. The normalized spacial score (nSPS) is 12.9. The van der Waals surface area contributed by atoms with Gasteiger partial charge in [0, 0.05) is 10.9 Å². The average molecular weight is 405 g/mol. The lowest BCUT2D eigenvalue weighted by atomic mass is 10.1. The summed E-state index contributed by atoms with van der Waals surface area (Å²) in [5.41, 5.74) is 3.90. The maximum absolute atomic E-state index is 12.4. The lowest BCUT2D eigenvalue weighted by molar-refractivity contribution is -0.118. The number of fused-ring (bicyclic) bond motifs is 2. The molecular weight excluding hydrogens is 390 g/mol. The van der Waals surface area contributed by atoms with E-state index in [1.165, 1.54) is 11.3 Å². The number of hydrogen-bond acceptors (Lipinski definition) is 6. The summed E-state index contributed by atoms with van der Waals surface area (Å²) in [5, 5.41) is 7.97. The fourth-order valence-corrected chi connectivity index (χ4v) is 3.89. The maximum atomic E-state index is 12.4. The molecule has 1 aliphatic rings. The summed E-state index contributed by atoms with van der Waals surface area (Å²) in [5.74, 6) is 0.262. The van der Waals surface area contributed by atoms with E-state index in [0.717, 1.165) is 16.6 Å². The molecule has 0 atom stereocenters. The molecule has 0 saturated carbocycles. The lowest BCUT2D eigenvalue weighted by Crippen LogP contribution is -2.25. The van der Waals surface area contributed by atoms with Crippen LogP contribution in [-0.4, -0.2) is 33.0 Å². The number of amides is 2. The zero-order chi connectivity index (χ0) is 19.8. The van der Waals surface area contributed by atoms with E-state index >= 15 is 0 Å². The lowest BCUT2D eigenvalue weighted by Gasteiger charge is -2.18. The Morgan fingerprint density at radius 2 is 2.17 bits per heavy atom. The third-order valence-corrected chi connectivity index (χ3v) is 5.26. The van der Waals surface area contributed by atoms with E-state index in [-0.39, 0.29) is 25.0 Å². The molecule has 1 aliphatic heterocycles. The van der Waals surface area contributed by atoms with Gasteiger partial charge in [-0.15, -0.1) is 11.3 Å². The number of thiazole rings is 1. The summed E-state index contributed by atoms with van der Waals surface area (Å²) in [4.78, 5) is 32.7. The molecule has 0 spiro atoms. The number of rotatable bonds is 4. The van der Waals surface area contributed by atoms with E-state index in [0.29, 0.717) is 22.3 Å². The van der Waals surface area contributed by atoms with Crippen molar-refractivity contribution in [1.82, 2.24) is 14.5 Å². The number of imidazole rings is 1. The van der Waals surface area contributed by atoms with Gasteiger partial charge in [-0.1, -0.05) is 12.1 Å². The molecule has 29 heavy (non-hydrogen) atoms. The van der Waals surface area contributed by atoms with Crippen molar-refractivity contribution >= 4 is 45.0 Å². The SMILES string of the molecule is O=C(Cn1cnc2ccccc21)Nc1nc(-c2ccc3c(c2)NC(=O)CO3)cs1. The number of carbonyl (C=O) groups excluding carboxylic acids is 2. The van der Waals surface area contributed by atoms with E-state index in [1.807, 2.05) is 41.8 Å². The van der Waals surface area contributed by atoms with Crippen molar-refractivity contribution in [1.29, 1.82) is 0 Å². The van der Waals surface area contributed by atoms with E-state index in [4.69, 9.17) is 4.74 Å². The maximum Gasteiger partial charge on any atom is 0.262 e. The van der Waals surface area contributed by atoms with E-state index in [2.05, 4.69) is 20.6 Å². The third-order valence-electron chi connectivity index (χ3n) is 4.50. The number of para-hydroxylation sites is 2. The summed E-state index contributed by atoms with van der Waals surface area (Å²) < 4.78 is 7.17. The summed E-state index contributed by atoms with van der Waals surface area (Å²) in [7, 11) is 0. The van der Waals surface area contributed by atoms with Crippen LogP contribution >= 0.6 is 11.3 Å². The van der Waals surface area contributed by atoms with Crippen molar-refractivity contribution in [2.75, 3.05) is 17.2 Å². The Morgan fingerprint density at radius 1 is 1.28 bits per heavy atom. The van der Waals surface area contributed by atoms with Crippen LogP contribution in [0.2, 0.25) is 0 Å². The van der Waals surface area contributed by atoms with Gasteiger partial charge in [-0.2, -0.15) is 0 Å². The van der Waals surface area contributed by atoms with Crippen LogP contribution in [0.4, 0.5) is 10.8 Å². The Hall–Kier alpha value is -3.72. The molecule has 2 amide bonds. The van der Waals surface area contributed by atoms with Crippen molar-refractivity contribution in [3.8, 4) is 17.0 Å². The predicted molar refractivity (Wildman–Crippen MR) is 110 cm³/mol. The van der Waals surface area contributed by atoms with Crippen molar-refractivity contribution in [3.05, 3.63) is 54.2 Å². The van der Waals surface area contributed by atoms with E-state index in [9.17, 15) is 9.59 Å². The summed E-state index contributed by atoms with van der Waals surface area (Å²) in [6.07, 6.45) is 1.65. The Morgan fingerprint density at radius 3 is 3.10 bits per heavy atom. The number of carbonyl (C=O) groups is 2. The number of anilines is 2. The largest absolute Gasteiger partial charge is 0.482 e. The highest BCUT2D eigenvalue weighted by atomic mass is 32.1. The molecule has 0 saturated heterocycles. The van der Waals surface area contributed by atoms with Crippen molar-refractivity contribution in [3.63, 3.8) is 0 Å². The van der Waals surface area contributed by atoms with Crippen LogP contribution in [0.3, 0.4) is 0 Å². The number of hydrogen-bond donors (Lipinski definition) is 2. The molecule has 144 valence electrons. The van der Waals surface area contributed by atoms with Gasteiger partial charge in [-0.05, 0) is 30.3 Å². The first kappa shape index (κ1) is 17.4. The highest BCUT2D eigenvalue weighted by molar-refractivity contribution is 7.14. The van der Waals surface area contributed by atoms with Crippen molar-refractivity contribution in [2.24, 2.45) is 0 Å². The second kappa shape index (κ2) is 7.02. The van der Waals surface area contributed by atoms with Crippen LogP contribution in [0.1, 0.15) is 0 Å². The van der Waals surface area contributed by atoms with Gasteiger partial charge in [0.05, 0.1) is 28.7 Å². The van der Waals surface area contributed by atoms with Crippen LogP contribution in [0, 0.1) is 0 Å². The van der Waals surface area contributed by atoms with Crippen LogP contribution in [0.5, 0.6) is 5.75 Å². The number of benzene rings is 2. The molecule has 3 heterocycles. The van der Waals surface area contributed by atoms with Crippen LogP contribution in [0.15, 0.2) is 54.2 Å². The molecule has 0 fully saturated rings. The summed E-state index contributed by atoms with van der Waals surface area (Å²) in [6, 6.07) is 13.1. The van der Waals surface area contributed by atoms with Gasteiger partial charge in [-0.3, -0.25) is 9.59 Å². The van der Waals surface area contributed by atoms with Crippen LogP contribution < -0.4 is 15.4 Å². The molecule has 0 unspecified atom stereocenters.